The smallest absolute Gasteiger partial charge is 0.227 e. The minimum atomic E-state index is 0.0102. The average Bonchev–Trinajstić information content (AvgIpc) is 3.07. The van der Waals surface area contributed by atoms with Crippen LogP contribution in [0.2, 0.25) is 0 Å². The molecule has 3 heteroatoms. The highest BCUT2D eigenvalue weighted by atomic mass is 16.1. The van der Waals surface area contributed by atoms with Crippen molar-refractivity contribution in [2.24, 2.45) is 0 Å². The van der Waals surface area contributed by atoms with Crippen molar-refractivity contribution < 1.29 is 4.79 Å². The highest BCUT2D eigenvalue weighted by Crippen LogP contribution is 2.31. The van der Waals surface area contributed by atoms with Crippen LogP contribution in [-0.2, 0) is 30.8 Å². The highest BCUT2D eigenvalue weighted by molar-refractivity contribution is 5.84. The molecule has 4 rings (SSSR count). The fourth-order valence-corrected chi connectivity index (χ4v) is 3.80. The maximum absolute atomic E-state index is 12.6. The van der Waals surface area contributed by atoms with Gasteiger partial charge in [0.2, 0.25) is 5.91 Å². The Labute approximate surface area is 137 Å². The van der Waals surface area contributed by atoms with Crippen molar-refractivity contribution in [2.45, 2.75) is 44.8 Å². The van der Waals surface area contributed by atoms with Crippen molar-refractivity contribution in [3.8, 4) is 0 Å². The first-order valence-corrected chi connectivity index (χ1v) is 8.48. The molecule has 2 aromatic rings. The summed E-state index contributed by atoms with van der Waals surface area (Å²) >= 11 is 0. The van der Waals surface area contributed by atoms with Crippen LogP contribution in [0.4, 0.5) is 0 Å². The normalized spacial score (nSPS) is 19.0. The van der Waals surface area contributed by atoms with Crippen molar-refractivity contribution >= 4 is 5.91 Å². The fraction of sp³-hybridized carbons (Fsp3) is 0.350. The van der Waals surface area contributed by atoms with Gasteiger partial charge in [-0.25, -0.2) is 0 Å². The van der Waals surface area contributed by atoms with Gasteiger partial charge in [-0.2, -0.15) is 0 Å². The third-order valence-electron chi connectivity index (χ3n) is 5.05. The van der Waals surface area contributed by atoms with E-state index >= 15 is 0 Å². The maximum atomic E-state index is 12.6. The van der Waals surface area contributed by atoms with Crippen molar-refractivity contribution in [3.63, 3.8) is 0 Å². The monoisotopic (exact) mass is 306 g/mol. The Hall–Kier alpha value is -2.13. The number of rotatable bonds is 3. The molecule has 0 bridgehead atoms. The minimum Gasteiger partial charge on any atom is -0.351 e. The van der Waals surface area contributed by atoms with E-state index in [1.807, 2.05) is 6.07 Å². The number of fused-ring (bicyclic) bond motifs is 2. The summed E-state index contributed by atoms with van der Waals surface area (Å²) in [7, 11) is 0. The Balaban J connectivity index is 1.45. The number of hydrogen-bond acceptors (Lipinski definition) is 2. The molecule has 0 aromatic heterocycles. The largest absolute Gasteiger partial charge is 0.351 e. The van der Waals surface area contributed by atoms with E-state index in [0.717, 1.165) is 32.4 Å². The summed E-state index contributed by atoms with van der Waals surface area (Å²) in [6.45, 7) is 2.51. The first-order valence-electron chi connectivity index (χ1n) is 8.48. The van der Waals surface area contributed by atoms with Gasteiger partial charge in [-0.05, 0) is 47.1 Å². The number of hydrogen-bond donors (Lipinski definition) is 2. The molecule has 0 saturated carbocycles. The molecule has 3 nitrogen and oxygen atoms in total. The number of carbonyl (C=O) groups is 1. The van der Waals surface area contributed by atoms with Crippen LogP contribution in [-0.4, -0.2) is 5.91 Å². The molecular formula is C20H22N2O. The molecule has 1 atom stereocenters. The molecule has 118 valence electrons. The Morgan fingerprint density at radius 3 is 2.91 bits per heavy atom. The second kappa shape index (κ2) is 6.17. The van der Waals surface area contributed by atoms with Crippen LogP contribution in [0, 0.1) is 0 Å². The van der Waals surface area contributed by atoms with Gasteiger partial charge < -0.3 is 10.6 Å². The standard InChI is InChI=1S/C20H22N2O/c23-20(19-7-3-5-15-4-1-2-6-18(15)19)22-11-14-8-9-16-12-21-13-17(16)10-14/h1-2,4,6,8-10,19,21H,3,5,7,11-13H2,(H,22,23). The lowest BCUT2D eigenvalue weighted by Gasteiger charge is -2.24. The molecule has 1 aliphatic carbocycles. The lowest BCUT2D eigenvalue weighted by atomic mass is 9.82. The number of aryl methyl sites for hydroxylation is 1. The first-order chi connectivity index (χ1) is 11.3. The highest BCUT2D eigenvalue weighted by Gasteiger charge is 2.25. The molecule has 2 aliphatic rings. The molecule has 1 heterocycles. The third-order valence-corrected chi connectivity index (χ3v) is 5.05. The zero-order valence-electron chi connectivity index (χ0n) is 13.3. The minimum absolute atomic E-state index is 0.0102. The van der Waals surface area contributed by atoms with Crippen LogP contribution < -0.4 is 10.6 Å². The van der Waals surface area contributed by atoms with Gasteiger partial charge in [0, 0.05) is 19.6 Å². The van der Waals surface area contributed by atoms with E-state index in [9.17, 15) is 4.79 Å². The van der Waals surface area contributed by atoms with Crippen LogP contribution in [0.3, 0.4) is 0 Å². The quantitative estimate of drug-likeness (QED) is 0.915. The van der Waals surface area contributed by atoms with Crippen LogP contribution in [0.1, 0.15) is 46.6 Å². The number of nitrogens with one attached hydrogen (secondary N) is 2. The summed E-state index contributed by atoms with van der Waals surface area (Å²) in [5.74, 6) is 0.173. The van der Waals surface area contributed by atoms with Gasteiger partial charge in [0.05, 0.1) is 5.92 Å². The van der Waals surface area contributed by atoms with Gasteiger partial charge in [0.1, 0.15) is 0 Å². The molecule has 1 amide bonds. The van der Waals surface area contributed by atoms with Crippen LogP contribution in [0.15, 0.2) is 42.5 Å². The summed E-state index contributed by atoms with van der Waals surface area (Å²) in [4.78, 5) is 12.6. The summed E-state index contributed by atoms with van der Waals surface area (Å²) in [5, 5.41) is 6.50. The van der Waals surface area contributed by atoms with Gasteiger partial charge >= 0.3 is 0 Å². The number of carbonyl (C=O) groups excluding carboxylic acids is 1. The Morgan fingerprint density at radius 2 is 1.96 bits per heavy atom. The lowest BCUT2D eigenvalue weighted by molar-refractivity contribution is -0.123. The number of amides is 1. The second-order valence-electron chi connectivity index (χ2n) is 6.57. The Bertz CT molecular complexity index is 738. The Kier molecular flexibility index (Phi) is 3.88. The van der Waals surface area contributed by atoms with Crippen molar-refractivity contribution in [2.75, 3.05) is 0 Å². The molecule has 23 heavy (non-hydrogen) atoms. The molecule has 1 unspecified atom stereocenters. The van der Waals surface area contributed by atoms with Gasteiger partial charge in [0.25, 0.3) is 0 Å². The van der Waals surface area contributed by atoms with Gasteiger partial charge in [-0.15, -0.1) is 0 Å². The molecule has 0 spiro atoms. The van der Waals surface area contributed by atoms with Gasteiger partial charge in [-0.1, -0.05) is 42.5 Å². The van der Waals surface area contributed by atoms with Gasteiger partial charge in [-0.3, -0.25) is 4.79 Å². The summed E-state index contributed by atoms with van der Waals surface area (Å²) in [6.07, 6.45) is 3.15. The van der Waals surface area contributed by atoms with E-state index in [1.165, 1.54) is 27.8 Å². The first kappa shape index (κ1) is 14.5. The molecule has 0 saturated heterocycles. The summed E-state index contributed by atoms with van der Waals surface area (Å²) in [5.41, 5.74) is 6.47. The van der Waals surface area contributed by atoms with Crippen molar-refractivity contribution in [1.29, 1.82) is 0 Å². The fourth-order valence-electron chi connectivity index (χ4n) is 3.80. The third kappa shape index (κ3) is 2.89. The van der Waals surface area contributed by atoms with E-state index in [1.54, 1.807) is 0 Å². The van der Waals surface area contributed by atoms with E-state index < -0.39 is 0 Å². The van der Waals surface area contributed by atoms with E-state index in [4.69, 9.17) is 0 Å². The average molecular weight is 306 g/mol. The molecule has 0 fully saturated rings. The topological polar surface area (TPSA) is 41.1 Å². The SMILES string of the molecule is O=C(NCc1ccc2c(c1)CNC2)C1CCCc2ccccc21. The molecule has 2 N–H and O–H groups in total. The van der Waals surface area contributed by atoms with E-state index in [0.29, 0.717) is 6.54 Å². The maximum Gasteiger partial charge on any atom is 0.227 e. The predicted octanol–water partition coefficient (Wildman–Crippen LogP) is 3.03. The summed E-state index contributed by atoms with van der Waals surface area (Å²) < 4.78 is 0. The lowest BCUT2D eigenvalue weighted by Crippen LogP contribution is -2.31. The van der Waals surface area contributed by atoms with Crippen molar-refractivity contribution in [1.82, 2.24) is 10.6 Å². The summed E-state index contributed by atoms with van der Waals surface area (Å²) in [6, 6.07) is 14.9. The van der Waals surface area contributed by atoms with Crippen LogP contribution in [0.25, 0.3) is 0 Å². The van der Waals surface area contributed by atoms with E-state index in [2.05, 4.69) is 47.0 Å². The Morgan fingerprint density at radius 1 is 1.09 bits per heavy atom. The molecule has 1 aliphatic heterocycles. The van der Waals surface area contributed by atoms with Gasteiger partial charge in [0.15, 0.2) is 0 Å². The zero-order valence-corrected chi connectivity index (χ0v) is 13.3. The predicted molar refractivity (Wildman–Crippen MR) is 91.0 cm³/mol. The molecule has 2 aromatic carbocycles. The van der Waals surface area contributed by atoms with Crippen LogP contribution >= 0.6 is 0 Å². The van der Waals surface area contributed by atoms with Crippen molar-refractivity contribution in [3.05, 3.63) is 70.3 Å². The zero-order chi connectivity index (χ0) is 15.6. The van der Waals surface area contributed by atoms with E-state index in [-0.39, 0.29) is 11.8 Å². The van der Waals surface area contributed by atoms with Crippen LogP contribution in [0.5, 0.6) is 0 Å². The molecule has 0 radical (unpaired) electrons. The molecular weight excluding hydrogens is 284 g/mol. The number of benzene rings is 2. The second-order valence-corrected chi connectivity index (χ2v) is 6.57.